The monoisotopic (exact) mass is 352 g/mol. The van der Waals surface area contributed by atoms with Crippen molar-refractivity contribution in [1.29, 1.82) is 0 Å². The summed E-state index contributed by atoms with van der Waals surface area (Å²) in [7, 11) is 0. The van der Waals surface area contributed by atoms with Gasteiger partial charge < -0.3 is 13.2 Å². The van der Waals surface area contributed by atoms with E-state index >= 15 is 0 Å². The van der Waals surface area contributed by atoms with Crippen molar-refractivity contribution in [3.05, 3.63) is 98.1 Å². The molecule has 0 fully saturated rings. The summed E-state index contributed by atoms with van der Waals surface area (Å²) in [6.07, 6.45) is 13.5. The van der Waals surface area contributed by atoms with Gasteiger partial charge in [0.05, 0.1) is 5.52 Å². The Morgan fingerprint density at radius 1 is 0.630 bits per heavy atom. The molecule has 6 rings (SSSR count). The van der Waals surface area contributed by atoms with Crippen molar-refractivity contribution in [3.8, 4) is 11.4 Å². The molecule has 0 aromatic carbocycles. The molecule has 27 heavy (non-hydrogen) atoms. The first-order chi connectivity index (χ1) is 13.4. The van der Waals surface area contributed by atoms with E-state index in [1.165, 1.54) is 0 Å². The zero-order chi connectivity index (χ0) is 18.1. The van der Waals surface area contributed by atoms with Crippen LogP contribution in [-0.4, -0.2) is 28.2 Å². The van der Waals surface area contributed by atoms with Crippen LogP contribution in [0.3, 0.4) is 0 Å². The van der Waals surface area contributed by atoms with Crippen LogP contribution in [0.25, 0.3) is 28.2 Å². The maximum atomic E-state index is 4.59. The van der Waals surface area contributed by atoms with E-state index in [4.69, 9.17) is 0 Å². The summed E-state index contributed by atoms with van der Waals surface area (Å²) in [5.41, 5.74) is 4.82. The van der Waals surface area contributed by atoms with Crippen LogP contribution >= 0.6 is 0 Å². The molecule has 6 aromatic heterocycles. The summed E-state index contributed by atoms with van der Waals surface area (Å²) in [4.78, 5) is 13.1. The fraction of sp³-hybridized carbons (Fsp3) is 0. The average molecular weight is 352 g/mol. The van der Waals surface area contributed by atoms with E-state index in [1.54, 1.807) is 6.20 Å². The van der Waals surface area contributed by atoms with Gasteiger partial charge in [0.1, 0.15) is 29.0 Å². The van der Waals surface area contributed by atoms with E-state index in [1.807, 2.05) is 105 Å². The molecule has 0 aliphatic rings. The summed E-state index contributed by atoms with van der Waals surface area (Å²) >= 11 is 0. The van der Waals surface area contributed by atoms with Crippen molar-refractivity contribution in [2.24, 2.45) is 0 Å². The first kappa shape index (κ1) is 15.3. The third kappa shape index (κ3) is 2.83. The van der Waals surface area contributed by atoms with Gasteiger partial charge in [0.15, 0.2) is 0 Å². The minimum atomic E-state index is 0.898. The molecular formula is C21H16N6. The van der Waals surface area contributed by atoms with E-state index in [2.05, 4.69) is 15.0 Å². The molecule has 0 aliphatic carbocycles. The highest BCUT2D eigenvalue weighted by Gasteiger charge is 2.10. The van der Waals surface area contributed by atoms with E-state index in [9.17, 15) is 0 Å². The SMILES string of the molecule is c1ccn2cc(-c3ncn4ccccc34)nc2c1.c1ccn2ccnc2c1. The van der Waals surface area contributed by atoms with Gasteiger partial charge in [-0.05, 0) is 36.4 Å². The molecule has 0 atom stereocenters. The quantitative estimate of drug-likeness (QED) is 0.450. The van der Waals surface area contributed by atoms with E-state index < -0.39 is 0 Å². The van der Waals surface area contributed by atoms with E-state index in [0.717, 1.165) is 28.2 Å². The Morgan fingerprint density at radius 3 is 2.19 bits per heavy atom. The fourth-order valence-electron chi connectivity index (χ4n) is 3.05. The molecule has 0 spiro atoms. The van der Waals surface area contributed by atoms with Crippen molar-refractivity contribution < 1.29 is 0 Å². The van der Waals surface area contributed by atoms with Crippen molar-refractivity contribution >= 4 is 16.8 Å². The number of imidazole rings is 3. The van der Waals surface area contributed by atoms with Gasteiger partial charge in [0.2, 0.25) is 0 Å². The largest absolute Gasteiger partial charge is 0.307 e. The Hall–Kier alpha value is -3.93. The molecule has 0 N–H and O–H groups in total. The minimum Gasteiger partial charge on any atom is -0.307 e. The van der Waals surface area contributed by atoms with Gasteiger partial charge in [0.25, 0.3) is 0 Å². The minimum absolute atomic E-state index is 0.898. The molecule has 0 saturated heterocycles. The lowest BCUT2D eigenvalue weighted by molar-refractivity contribution is 1.15. The van der Waals surface area contributed by atoms with Gasteiger partial charge in [0, 0.05) is 37.2 Å². The number of fused-ring (bicyclic) bond motifs is 3. The Balaban J connectivity index is 0.000000149. The van der Waals surface area contributed by atoms with Crippen LogP contribution < -0.4 is 0 Å². The zero-order valence-electron chi connectivity index (χ0n) is 14.4. The molecular weight excluding hydrogens is 336 g/mol. The smallest absolute Gasteiger partial charge is 0.137 e. The third-order valence-corrected chi connectivity index (χ3v) is 4.35. The molecule has 0 saturated carbocycles. The lowest BCUT2D eigenvalue weighted by Gasteiger charge is -1.93. The van der Waals surface area contributed by atoms with Crippen LogP contribution in [0.4, 0.5) is 0 Å². The first-order valence-corrected chi connectivity index (χ1v) is 8.62. The number of hydrogen-bond acceptors (Lipinski definition) is 3. The Labute approximate surface area is 155 Å². The van der Waals surface area contributed by atoms with Crippen molar-refractivity contribution in [3.63, 3.8) is 0 Å². The molecule has 130 valence electrons. The Bertz CT molecular complexity index is 1280. The predicted octanol–water partition coefficient (Wildman–Crippen LogP) is 3.98. The third-order valence-electron chi connectivity index (χ3n) is 4.35. The molecule has 6 heteroatoms. The number of nitrogens with zero attached hydrogens (tertiary/aromatic N) is 6. The van der Waals surface area contributed by atoms with Gasteiger partial charge in [-0.3, -0.25) is 0 Å². The summed E-state index contributed by atoms with van der Waals surface area (Å²) in [5.74, 6) is 0. The predicted molar refractivity (Wildman–Crippen MR) is 105 cm³/mol. The highest BCUT2D eigenvalue weighted by molar-refractivity contribution is 5.75. The van der Waals surface area contributed by atoms with Gasteiger partial charge in [-0.25, -0.2) is 15.0 Å². The summed E-state index contributed by atoms with van der Waals surface area (Å²) in [6, 6.07) is 17.9. The zero-order valence-corrected chi connectivity index (χ0v) is 14.4. The van der Waals surface area contributed by atoms with Crippen molar-refractivity contribution in [2.75, 3.05) is 0 Å². The standard InChI is InChI=1S/C14H10N4.C7H6N2/c1-3-8-18-10-15-14(12(18)5-1)11-9-17-7-4-2-6-13(17)16-11;1-2-5-9-6-4-8-7(9)3-1/h1-10H;1-6H. The highest BCUT2D eigenvalue weighted by Crippen LogP contribution is 2.22. The second kappa shape index (κ2) is 6.42. The van der Waals surface area contributed by atoms with Crippen LogP contribution in [0.2, 0.25) is 0 Å². The van der Waals surface area contributed by atoms with Crippen molar-refractivity contribution in [2.45, 2.75) is 0 Å². The van der Waals surface area contributed by atoms with Crippen LogP contribution in [0.1, 0.15) is 0 Å². The molecule has 0 amide bonds. The molecule has 0 unspecified atom stereocenters. The lowest BCUT2D eigenvalue weighted by Crippen LogP contribution is -1.81. The first-order valence-electron chi connectivity index (χ1n) is 8.62. The number of rotatable bonds is 1. The second-order valence-electron chi connectivity index (χ2n) is 6.07. The number of pyridine rings is 3. The molecule has 6 nitrogen and oxygen atoms in total. The summed E-state index contributed by atoms with van der Waals surface area (Å²) in [6.45, 7) is 0. The van der Waals surface area contributed by atoms with Crippen LogP contribution in [0.5, 0.6) is 0 Å². The second-order valence-corrected chi connectivity index (χ2v) is 6.07. The van der Waals surface area contributed by atoms with Gasteiger partial charge >= 0.3 is 0 Å². The van der Waals surface area contributed by atoms with E-state index in [0.29, 0.717) is 0 Å². The van der Waals surface area contributed by atoms with Gasteiger partial charge in [-0.2, -0.15) is 0 Å². The summed E-state index contributed by atoms with van der Waals surface area (Å²) < 4.78 is 5.98. The molecule has 6 aromatic rings. The van der Waals surface area contributed by atoms with Gasteiger partial charge in [-0.1, -0.05) is 18.2 Å². The summed E-state index contributed by atoms with van der Waals surface area (Å²) in [5, 5.41) is 0. The maximum absolute atomic E-state index is 4.59. The number of hydrogen-bond donors (Lipinski definition) is 0. The molecule has 0 aliphatic heterocycles. The topological polar surface area (TPSA) is 51.9 Å². The van der Waals surface area contributed by atoms with Crippen molar-refractivity contribution in [1.82, 2.24) is 28.2 Å². The van der Waals surface area contributed by atoms with Crippen LogP contribution in [-0.2, 0) is 0 Å². The Morgan fingerprint density at radius 2 is 1.37 bits per heavy atom. The van der Waals surface area contributed by atoms with E-state index in [-0.39, 0.29) is 0 Å². The fourth-order valence-corrected chi connectivity index (χ4v) is 3.05. The van der Waals surface area contributed by atoms with Gasteiger partial charge in [-0.15, -0.1) is 0 Å². The highest BCUT2D eigenvalue weighted by atomic mass is 15.0. The molecule has 0 radical (unpaired) electrons. The molecule has 6 heterocycles. The number of aromatic nitrogens is 6. The normalized spacial score (nSPS) is 11.0. The average Bonchev–Trinajstić information content (AvgIpc) is 3.45. The van der Waals surface area contributed by atoms with Crippen LogP contribution in [0.15, 0.2) is 98.1 Å². The lowest BCUT2D eigenvalue weighted by atomic mass is 10.3. The molecule has 0 bridgehead atoms. The maximum Gasteiger partial charge on any atom is 0.137 e. The van der Waals surface area contributed by atoms with Crippen LogP contribution in [0, 0.1) is 0 Å². The Kier molecular flexibility index (Phi) is 3.65.